The van der Waals surface area contributed by atoms with Gasteiger partial charge in [0.15, 0.2) is 0 Å². The van der Waals surface area contributed by atoms with E-state index in [2.05, 4.69) is 16.7 Å². The van der Waals surface area contributed by atoms with Crippen LogP contribution in [-0.2, 0) is 11.3 Å². The minimum absolute atomic E-state index is 0.0378. The number of carboxylic acids is 1. The van der Waals surface area contributed by atoms with E-state index >= 15 is 0 Å². The lowest BCUT2D eigenvalue weighted by Crippen LogP contribution is -2.34. The molecule has 1 aliphatic rings. The maximum absolute atomic E-state index is 13.5. The minimum atomic E-state index is -0.985. The van der Waals surface area contributed by atoms with Gasteiger partial charge in [0.2, 0.25) is 0 Å². The van der Waals surface area contributed by atoms with Crippen molar-refractivity contribution < 1.29 is 19.5 Å². The van der Waals surface area contributed by atoms with Crippen molar-refractivity contribution in [3.8, 4) is 6.07 Å². The number of aliphatic carboxylic acids is 1. The van der Waals surface area contributed by atoms with Crippen LogP contribution < -0.4 is 15.5 Å². The van der Waals surface area contributed by atoms with E-state index in [0.717, 1.165) is 24.0 Å². The van der Waals surface area contributed by atoms with Crippen LogP contribution in [0.2, 0.25) is 5.02 Å². The van der Waals surface area contributed by atoms with Crippen molar-refractivity contribution in [2.45, 2.75) is 38.6 Å². The quantitative estimate of drug-likeness (QED) is 0.273. The second kappa shape index (κ2) is 13.5. The highest BCUT2D eigenvalue weighted by atomic mass is 35.5. The molecule has 0 bridgehead atoms. The highest BCUT2D eigenvalue weighted by Crippen LogP contribution is 2.29. The molecule has 9 heteroatoms. The molecule has 0 unspecified atom stereocenters. The third-order valence-corrected chi connectivity index (χ3v) is 6.92. The largest absolute Gasteiger partial charge is 0.481 e. The van der Waals surface area contributed by atoms with E-state index < -0.39 is 5.97 Å². The molecular weight excluding hydrogens is 528 g/mol. The summed E-state index contributed by atoms with van der Waals surface area (Å²) in [6.07, 6.45) is 6.61. The molecule has 3 amide bonds. The zero-order valence-corrected chi connectivity index (χ0v) is 22.6. The predicted molar refractivity (Wildman–Crippen MR) is 155 cm³/mol. The van der Waals surface area contributed by atoms with Crippen LogP contribution in [-0.4, -0.2) is 29.6 Å². The Balaban J connectivity index is 1.54. The van der Waals surface area contributed by atoms with Crippen LogP contribution in [0.4, 0.5) is 16.2 Å². The number of nitrogens with zero attached hydrogens (tertiary/aromatic N) is 2. The molecule has 40 heavy (non-hydrogen) atoms. The number of carbonyl (C=O) groups excluding carboxylic acids is 2. The molecule has 3 aromatic rings. The standard InChI is InChI=1S/C31H29ClN4O4/c32-28-18-26(13-10-25(28)19-33)35-31(40)36(27-14-11-23(12-15-27)22-4-2-1-3-5-22)20-21-6-8-24(9-7-21)30(39)34-17-16-29(37)38/h4,6-15,18H,1-3,5,16-17,20H2,(H,34,39)(H,35,40)(H,37,38). The molecule has 0 heterocycles. The van der Waals surface area contributed by atoms with Crippen molar-refractivity contribution in [3.05, 3.63) is 100 Å². The number of amides is 3. The molecule has 3 N–H and O–H groups in total. The molecule has 4 rings (SSSR count). The average Bonchev–Trinajstić information content (AvgIpc) is 2.96. The molecule has 0 atom stereocenters. The third-order valence-electron chi connectivity index (χ3n) is 6.61. The molecule has 0 fully saturated rings. The lowest BCUT2D eigenvalue weighted by molar-refractivity contribution is -0.136. The van der Waals surface area contributed by atoms with Crippen molar-refractivity contribution >= 4 is 46.5 Å². The van der Waals surface area contributed by atoms with Crippen LogP contribution in [0.15, 0.2) is 72.8 Å². The number of hydrogen-bond donors (Lipinski definition) is 3. The SMILES string of the molecule is N#Cc1ccc(NC(=O)N(Cc2ccc(C(=O)NCCC(=O)O)cc2)c2ccc(C3=CCCCC3)cc2)cc1Cl. The summed E-state index contributed by atoms with van der Waals surface area (Å²) >= 11 is 6.16. The number of rotatable bonds is 9. The topological polar surface area (TPSA) is 123 Å². The van der Waals surface area contributed by atoms with Gasteiger partial charge in [0.25, 0.3) is 5.91 Å². The lowest BCUT2D eigenvalue weighted by Gasteiger charge is -2.24. The summed E-state index contributed by atoms with van der Waals surface area (Å²) in [6.45, 7) is 0.259. The van der Waals surface area contributed by atoms with Gasteiger partial charge in [-0.2, -0.15) is 5.26 Å². The minimum Gasteiger partial charge on any atom is -0.481 e. The van der Waals surface area contributed by atoms with Crippen LogP contribution in [0.5, 0.6) is 0 Å². The molecule has 0 saturated heterocycles. The maximum atomic E-state index is 13.5. The first-order valence-electron chi connectivity index (χ1n) is 13.0. The van der Waals surface area contributed by atoms with Crippen LogP contribution >= 0.6 is 11.6 Å². The highest BCUT2D eigenvalue weighted by Gasteiger charge is 2.18. The molecule has 3 aromatic carbocycles. The Kier molecular flexibility index (Phi) is 9.55. The van der Waals surface area contributed by atoms with Crippen molar-refractivity contribution in [2.24, 2.45) is 0 Å². The van der Waals surface area contributed by atoms with E-state index in [1.807, 2.05) is 30.3 Å². The normalized spacial score (nSPS) is 12.6. The monoisotopic (exact) mass is 556 g/mol. The summed E-state index contributed by atoms with van der Waals surface area (Å²) in [5.74, 6) is -1.35. The fourth-order valence-corrected chi connectivity index (χ4v) is 4.66. The Morgan fingerprint density at radius 1 is 1.00 bits per heavy atom. The Bertz CT molecular complexity index is 1460. The van der Waals surface area contributed by atoms with Gasteiger partial charge in [-0.25, -0.2) is 4.79 Å². The Morgan fingerprint density at radius 3 is 2.38 bits per heavy atom. The molecule has 1 aliphatic carbocycles. The van der Waals surface area contributed by atoms with Crippen LogP contribution in [0, 0.1) is 11.3 Å². The first-order valence-corrected chi connectivity index (χ1v) is 13.4. The van der Waals surface area contributed by atoms with Gasteiger partial charge < -0.3 is 15.7 Å². The van der Waals surface area contributed by atoms with Crippen molar-refractivity contribution in [1.29, 1.82) is 5.26 Å². The molecular formula is C31H29ClN4O4. The van der Waals surface area contributed by atoms with E-state index in [0.29, 0.717) is 22.5 Å². The van der Waals surface area contributed by atoms with Gasteiger partial charge in [-0.05, 0) is 84.8 Å². The number of nitrogens with one attached hydrogen (secondary N) is 2. The Hall–Kier alpha value is -4.61. The van der Waals surface area contributed by atoms with E-state index in [9.17, 15) is 14.4 Å². The molecule has 8 nitrogen and oxygen atoms in total. The van der Waals surface area contributed by atoms with E-state index in [-0.39, 0.29) is 36.5 Å². The molecule has 0 aliphatic heterocycles. The van der Waals surface area contributed by atoms with E-state index in [4.69, 9.17) is 22.0 Å². The molecule has 0 radical (unpaired) electrons. The number of allylic oxidation sites excluding steroid dienone is 2. The van der Waals surface area contributed by atoms with Gasteiger partial charge in [-0.15, -0.1) is 0 Å². The number of urea groups is 1. The van der Waals surface area contributed by atoms with Gasteiger partial charge in [0.1, 0.15) is 6.07 Å². The summed E-state index contributed by atoms with van der Waals surface area (Å²) in [5.41, 5.74) is 5.09. The first kappa shape index (κ1) is 28.4. The van der Waals surface area contributed by atoms with Crippen LogP contribution in [0.3, 0.4) is 0 Å². The second-order valence-electron chi connectivity index (χ2n) is 9.44. The zero-order valence-electron chi connectivity index (χ0n) is 21.8. The van der Waals surface area contributed by atoms with Gasteiger partial charge in [0, 0.05) is 23.5 Å². The highest BCUT2D eigenvalue weighted by molar-refractivity contribution is 6.32. The predicted octanol–water partition coefficient (Wildman–Crippen LogP) is 6.61. The fraction of sp³-hybridized carbons (Fsp3) is 0.226. The Labute approximate surface area is 237 Å². The smallest absolute Gasteiger partial charge is 0.326 e. The molecule has 0 aromatic heterocycles. The van der Waals surface area contributed by atoms with Gasteiger partial charge in [0.05, 0.1) is 23.6 Å². The number of carbonyl (C=O) groups is 3. The van der Waals surface area contributed by atoms with Gasteiger partial charge in [-0.3, -0.25) is 14.5 Å². The van der Waals surface area contributed by atoms with Crippen LogP contribution in [0.1, 0.15) is 59.2 Å². The van der Waals surface area contributed by atoms with Crippen molar-refractivity contribution in [2.75, 3.05) is 16.8 Å². The lowest BCUT2D eigenvalue weighted by atomic mass is 9.93. The summed E-state index contributed by atoms with van der Waals surface area (Å²) in [4.78, 5) is 38.1. The van der Waals surface area contributed by atoms with E-state index in [1.54, 1.807) is 41.3 Å². The third kappa shape index (κ3) is 7.49. The number of hydrogen-bond acceptors (Lipinski definition) is 4. The van der Waals surface area contributed by atoms with E-state index in [1.165, 1.54) is 24.5 Å². The van der Waals surface area contributed by atoms with Gasteiger partial charge in [-0.1, -0.05) is 41.9 Å². The second-order valence-corrected chi connectivity index (χ2v) is 9.85. The summed E-state index contributed by atoms with van der Waals surface area (Å²) < 4.78 is 0. The van der Waals surface area contributed by atoms with Gasteiger partial charge >= 0.3 is 12.0 Å². The number of carboxylic acid groups (broad SMARTS) is 1. The molecule has 0 saturated carbocycles. The number of nitriles is 1. The maximum Gasteiger partial charge on any atom is 0.326 e. The first-order chi connectivity index (χ1) is 19.3. The summed E-state index contributed by atoms with van der Waals surface area (Å²) in [6, 6.07) is 21.0. The summed E-state index contributed by atoms with van der Waals surface area (Å²) in [7, 11) is 0. The zero-order chi connectivity index (χ0) is 28.5. The average molecular weight is 557 g/mol. The number of halogens is 1. The summed E-state index contributed by atoms with van der Waals surface area (Å²) in [5, 5.41) is 23.6. The van der Waals surface area contributed by atoms with Crippen LogP contribution in [0.25, 0.3) is 5.57 Å². The molecule has 0 spiro atoms. The van der Waals surface area contributed by atoms with Crippen molar-refractivity contribution in [3.63, 3.8) is 0 Å². The molecule has 204 valence electrons. The fourth-order valence-electron chi connectivity index (χ4n) is 4.44. The number of anilines is 2. The number of benzene rings is 3. The van der Waals surface area contributed by atoms with Crippen molar-refractivity contribution in [1.82, 2.24) is 5.32 Å². The Morgan fingerprint density at radius 2 is 1.75 bits per heavy atom.